The summed E-state index contributed by atoms with van der Waals surface area (Å²) in [7, 11) is 0. The highest BCUT2D eigenvalue weighted by atomic mass is 16.6. The van der Waals surface area contributed by atoms with Crippen LogP contribution >= 0.6 is 0 Å². The predicted molar refractivity (Wildman–Crippen MR) is 108 cm³/mol. The predicted octanol–water partition coefficient (Wildman–Crippen LogP) is 2.14. The van der Waals surface area contributed by atoms with Crippen molar-refractivity contribution in [3.05, 3.63) is 83.4 Å². The van der Waals surface area contributed by atoms with Crippen molar-refractivity contribution in [3.8, 4) is 0 Å². The largest absolute Gasteiger partial charge is 0.457 e. The minimum Gasteiger partial charge on any atom is -0.457 e. The Bertz CT molecular complexity index is 879. The molecular formula is C23H24O7. The molecule has 0 aromatic heterocycles. The average molecular weight is 412 g/mol. The minimum absolute atomic E-state index is 0.232. The van der Waals surface area contributed by atoms with E-state index < -0.39 is 36.4 Å². The lowest BCUT2D eigenvalue weighted by atomic mass is 9.89. The summed E-state index contributed by atoms with van der Waals surface area (Å²) in [6.45, 7) is 1.82. The second kappa shape index (κ2) is 10.2. The van der Waals surface area contributed by atoms with Crippen LogP contribution < -0.4 is 0 Å². The third-order valence-electron chi connectivity index (χ3n) is 4.73. The van der Waals surface area contributed by atoms with Crippen LogP contribution in [-0.2, 0) is 14.2 Å². The van der Waals surface area contributed by atoms with Crippen LogP contribution in [-0.4, -0.2) is 59.8 Å². The standard InChI is InChI=1S/C23H24O7/c1-2-28-18-13-17(14-29-22(26)15-9-5-3-6-10-15)19(24)21(20(18)25)30-23(27)16-11-7-4-8-12-16/h3-13,18-21,24-25H,2,14H2,1H3. The number of benzene rings is 2. The summed E-state index contributed by atoms with van der Waals surface area (Å²) in [5, 5.41) is 21.3. The van der Waals surface area contributed by atoms with Crippen LogP contribution in [0.1, 0.15) is 27.6 Å². The van der Waals surface area contributed by atoms with Crippen LogP contribution in [0, 0.1) is 0 Å². The maximum atomic E-state index is 12.4. The molecule has 0 amide bonds. The van der Waals surface area contributed by atoms with E-state index in [2.05, 4.69) is 0 Å². The third-order valence-corrected chi connectivity index (χ3v) is 4.73. The molecule has 2 aromatic rings. The van der Waals surface area contributed by atoms with Crippen LogP contribution in [0.5, 0.6) is 0 Å². The van der Waals surface area contributed by atoms with E-state index in [9.17, 15) is 19.8 Å². The van der Waals surface area contributed by atoms with Crippen molar-refractivity contribution in [2.75, 3.05) is 13.2 Å². The minimum atomic E-state index is -1.35. The molecule has 0 bridgehead atoms. The average Bonchev–Trinajstić information content (AvgIpc) is 2.78. The number of rotatable bonds is 7. The van der Waals surface area contributed by atoms with Crippen LogP contribution in [0.25, 0.3) is 0 Å². The summed E-state index contributed by atoms with van der Waals surface area (Å²) < 4.78 is 16.2. The highest BCUT2D eigenvalue weighted by Crippen LogP contribution is 2.26. The molecule has 0 saturated heterocycles. The molecular weight excluding hydrogens is 388 g/mol. The fraction of sp³-hybridized carbons (Fsp3) is 0.304. The molecule has 0 heterocycles. The topological polar surface area (TPSA) is 102 Å². The van der Waals surface area contributed by atoms with Gasteiger partial charge in [-0.05, 0) is 42.8 Å². The monoisotopic (exact) mass is 412 g/mol. The van der Waals surface area contributed by atoms with E-state index in [0.717, 1.165) is 0 Å². The van der Waals surface area contributed by atoms with Gasteiger partial charge in [-0.3, -0.25) is 0 Å². The molecule has 0 saturated carbocycles. The Morgan fingerprint density at radius 1 is 0.900 bits per heavy atom. The Hall–Kier alpha value is -3.00. The molecule has 7 nitrogen and oxygen atoms in total. The summed E-state index contributed by atoms with van der Waals surface area (Å²) in [4.78, 5) is 24.6. The SMILES string of the molecule is CCOC1C=C(COC(=O)c2ccccc2)C(O)C(OC(=O)c2ccccc2)C1O. The number of carbonyl (C=O) groups is 2. The first-order chi connectivity index (χ1) is 14.5. The van der Waals surface area contributed by atoms with Gasteiger partial charge in [-0.2, -0.15) is 0 Å². The summed E-state index contributed by atoms with van der Waals surface area (Å²) in [5.74, 6) is -1.24. The lowest BCUT2D eigenvalue weighted by Gasteiger charge is -2.36. The number of aliphatic hydroxyl groups excluding tert-OH is 2. The maximum Gasteiger partial charge on any atom is 0.338 e. The molecule has 0 radical (unpaired) electrons. The van der Waals surface area contributed by atoms with Crippen LogP contribution in [0.2, 0.25) is 0 Å². The highest BCUT2D eigenvalue weighted by molar-refractivity contribution is 5.90. The van der Waals surface area contributed by atoms with E-state index in [1.165, 1.54) is 6.08 Å². The molecule has 0 spiro atoms. The fourth-order valence-electron chi connectivity index (χ4n) is 3.17. The van der Waals surface area contributed by atoms with Gasteiger partial charge in [0.2, 0.25) is 0 Å². The Morgan fingerprint density at radius 3 is 2.03 bits per heavy atom. The van der Waals surface area contributed by atoms with Crippen molar-refractivity contribution in [3.63, 3.8) is 0 Å². The van der Waals surface area contributed by atoms with Gasteiger partial charge in [0, 0.05) is 6.61 Å². The molecule has 3 rings (SSSR count). The Labute approximate surface area is 174 Å². The zero-order chi connectivity index (χ0) is 21.5. The fourth-order valence-corrected chi connectivity index (χ4v) is 3.17. The molecule has 7 heteroatoms. The molecule has 2 aromatic carbocycles. The van der Waals surface area contributed by atoms with Gasteiger partial charge >= 0.3 is 11.9 Å². The van der Waals surface area contributed by atoms with Gasteiger partial charge in [-0.25, -0.2) is 9.59 Å². The van der Waals surface area contributed by atoms with E-state index in [0.29, 0.717) is 12.2 Å². The zero-order valence-electron chi connectivity index (χ0n) is 16.5. The van der Waals surface area contributed by atoms with Crippen molar-refractivity contribution >= 4 is 11.9 Å². The molecule has 4 unspecified atom stereocenters. The van der Waals surface area contributed by atoms with E-state index >= 15 is 0 Å². The lowest BCUT2D eigenvalue weighted by molar-refractivity contribution is -0.117. The zero-order valence-corrected chi connectivity index (χ0v) is 16.5. The molecule has 0 fully saturated rings. The van der Waals surface area contributed by atoms with Gasteiger partial charge in [-0.1, -0.05) is 36.4 Å². The molecule has 1 aliphatic rings. The van der Waals surface area contributed by atoms with Gasteiger partial charge in [0.25, 0.3) is 0 Å². The number of hydrogen-bond acceptors (Lipinski definition) is 7. The molecule has 30 heavy (non-hydrogen) atoms. The lowest BCUT2D eigenvalue weighted by Crippen LogP contribution is -2.52. The van der Waals surface area contributed by atoms with Crippen molar-refractivity contribution in [2.24, 2.45) is 0 Å². The van der Waals surface area contributed by atoms with Crippen LogP contribution in [0.3, 0.4) is 0 Å². The van der Waals surface area contributed by atoms with E-state index in [1.54, 1.807) is 67.6 Å². The smallest absolute Gasteiger partial charge is 0.338 e. The number of carbonyl (C=O) groups excluding carboxylic acids is 2. The van der Waals surface area contributed by atoms with Gasteiger partial charge < -0.3 is 24.4 Å². The highest BCUT2D eigenvalue weighted by Gasteiger charge is 2.42. The molecule has 0 aliphatic heterocycles. The first kappa shape index (κ1) is 21.7. The van der Waals surface area contributed by atoms with Crippen molar-refractivity contribution in [2.45, 2.75) is 31.3 Å². The number of hydrogen-bond donors (Lipinski definition) is 2. The van der Waals surface area contributed by atoms with Gasteiger partial charge in [-0.15, -0.1) is 0 Å². The normalized spacial score (nSPS) is 23.4. The third kappa shape index (κ3) is 5.13. The van der Waals surface area contributed by atoms with Crippen molar-refractivity contribution in [1.82, 2.24) is 0 Å². The van der Waals surface area contributed by atoms with Gasteiger partial charge in [0.15, 0.2) is 6.10 Å². The number of ether oxygens (including phenoxy) is 3. The van der Waals surface area contributed by atoms with E-state index in [4.69, 9.17) is 14.2 Å². The first-order valence-electron chi connectivity index (χ1n) is 9.67. The Balaban J connectivity index is 1.74. The molecule has 1 aliphatic carbocycles. The molecule has 4 atom stereocenters. The summed E-state index contributed by atoms with van der Waals surface area (Å²) >= 11 is 0. The van der Waals surface area contributed by atoms with E-state index in [-0.39, 0.29) is 17.7 Å². The summed E-state index contributed by atoms with van der Waals surface area (Å²) in [5.41, 5.74) is 0.946. The van der Waals surface area contributed by atoms with Crippen molar-refractivity contribution in [1.29, 1.82) is 0 Å². The van der Waals surface area contributed by atoms with Gasteiger partial charge in [0.1, 0.15) is 24.9 Å². The number of aliphatic hydroxyl groups is 2. The summed E-state index contributed by atoms with van der Waals surface area (Å²) in [6, 6.07) is 16.7. The maximum absolute atomic E-state index is 12.4. The Kier molecular flexibility index (Phi) is 7.35. The van der Waals surface area contributed by atoms with E-state index in [1.807, 2.05) is 0 Å². The second-order valence-electron chi connectivity index (χ2n) is 6.78. The van der Waals surface area contributed by atoms with Crippen LogP contribution in [0.15, 0.2) is 72.3 Å². The van der Waals surface area contributed by atoms with Gasteiger partial charge in [0.05, 0.1) is 11.1 Å². The molecule has 2 N–H and O–H groups in total. The Morgan fingerprint density at radius 2 is 1.47 bits per heavy atom. The van der Waals surface area contributed by atoms with Crippen LogP contribution in [0.4, 0.5) is 0 Å². The first-order valence-corrected chi connectivity index (χ1v) is 9.67. The second-order valence-corrected chi connectivity index (χ2v) is 6.78. The van der Waals surface area contributed by atoms with Crippen molar-refractivity contribution < 1.29 is 34.0 Å². The summed E-state index contributed by atoms with van der Waals surface area (Å²) in [6.07, 6.45) is -3.22. The quantitative estimate of drug-likeness (QED) is 0.531. The number of esters is 2. The molecule has 158 valence electrons.